The summed E-state index contributed by atoms with van der Waals surface area (Å²) in [5.41, 5.74) is 1.98. The molecule has 0 bridgehead atoms. The number of amides is 1. The molecule has 0 saturated carbocycles. The first-order valence-electron chi connectivity index (χ1n) is 6.32. The van der Waals surface area contributed by atoms with E-state index in [9.17, 15) is 9.59 Å². The first-order valence-corrected chi connectivity index (χ1v) is 7.11. The van der Waals surface area contributed by atoms with Gasteiger partial charge in [-0.2, -0.15) is 0 Å². The van der Waals surface area contributed by atoms with Crippen LogP contribution in [0, 0.1) is 0 Å². The highest BCUT2D eigenvalue weighted by Crippen LogP contribution is 2.24. The molecule has 0 fully saturated rings. The minimum Gasteiger partial charge on any atom is -0.465 e. The van der Waals surface area contributed by atoms with Gasteiger partial charge in [0.25, 0.3) is 0 Å². The maximum atomic E-state index is 12.0. The van der Waals surface area contributed by atoms with Crippen molar-refractivity contribution in [2.75, 3.05) is 12.4 Å². The van der Waals surface area contributed by atoms with Crippen LogP contribution in [0.25, 0.3) is 0 Å². The fourth-order valence-corrected chi connectivity index (χ4v) is 2.31. The largest absolute Gasteiger partial charge is 0.465 e. The normalized spacial score (nSPS) is 10.0. The molecule has 0 unspecified atom stereocenters. The summed E-state index contributed by atoms with van der Waals surface area (Å²) in [6.45, 7) is 0. The van der Waals surface area contributed by atoms with Crippen LogP contribution in [0.3, 0.4) is 0 Å². The van der Waals surface area contributed by atoms with Crippen molar-refractivity contribution in [3.63, 3.8) is 0 Å². The Kier molecular flexibility index (Phi) is 5.11. The van der Waals surface area contributed by atoms with Crippen LogP contribution in [0.2, 0.25) is 0 Å². The summed E-state index contributed by atoms with van der Waals surface area (Å²) in [5, 5.41) is 2.80. The molecule has 4 nitrogen and oxygen atoms in total. The third kappa shape index (κ3) is 4.16. The molecule has 1 amide bonds. The SMILES string of the molecule is COC(=O)c1ccc(NC(=O)Cc2ccccc2)c(Br)c1. The van der Waals surface area contributed by atoms with E-state index in [1.54, 1.807) is 18.2 Å². The number of anilines is 1. The number of hydrogen-bond acceptors (Lipinski definition) is 3. The molecule has 0 aliphatic carbocycles. The standard InChI is InChI=1S/C16H14BrNO3/c1-21-16(20)12-7-8-14(13(17)10-12)18-15(19)9-11-5-3-2-4-6-11/h2-8,10H,9H2,1H3,(H,18,19). The molecule has 108 valence electrons. The van der Waals surface area contributed by atoms with Gasteiger partial charge in [0, 0.05) is 4.47 Å². The van der Waals surface area contributed by atoms with Crippen molar-refractivity contribution >= 4 is 33.5 Å². The Morgan fingerprint density at radius 3 is 2.48 bits per heavy atom. The van der Waals surface area contributed by atoms with Crippen molar-refractivity contribution < 1.29 is 14.3 Å². The monoisotopic (exact) mass is 347 g/mol. The predicted octanol–water partition coefficient (Wildman–Crippen LogP) is 3.42. The average molecular weight is 348 g/mol. The molecule has 2 aromatic rings. The number of benzene rings is 2. The van der Waals surface area contributed by atoms with Crippen molar-refractivity contribution in [3.8, 4) is 0 Å². The number of hydrogen-bond donors (Lipinski definition) is 1. The lowest BCUT2D eigenvalue weighted by molar-refractivity contribution is -0.115. The molecular weight excluding hydrogens is 334 g/mol. The van der Waals surface area contributed by atoms with Gasteiger partial charge in [-0.05, 0) is 39.7 Å². The molecule has 0 atom stereocenters. The summed E-state index contributed by atoms with van der Waals surface area (Å²) in [5.74, 6) is -0.536. The summed E-state index contributed by atoms with van der Waals surface area (Å²) in [4.78, 5) is 23.4. The van der Waals surface area contributed by atoms with Gasteiger partial charge in [0.2, 0.25) is 5.91 Å². The highest BCUT2D eigenvalue weighted by atomic mass is 79.9. The Bertz CT molecular complexity index is 656. The van der Waals surface area contributed by atoms with Gasteiger partial charge in [0.05, 0.1) is 24.8 Å². The van der Waals surface area contributed by atoms with Crippen molar-refractivity contribution in [1.82, 2.24) is 0 Å². The maximum Gasteiger partial charge on any atom is 0.337 e. The Balaban J connectivity index is 2.06. The van der Waals surface area contributed by atoms with E-state index in [0.717, 1.165) is 5.56 Å². The lowest BCUT2D eigenvalue weighted by Gasteiger charge is -2.09. The number of rotatable bonds is 4. The van der Waals surface area contributed by atoms with Gasteiger partial charge in [0.1, 0.15) is 0 Å². The van der Waals surface area contributed by atoms with E-state index >= 15 is 0 Å². The quantitative estimate of drug-likeness (QED) is 0.862. The zero-order valence-corrected chi connectivity index (χ0v) is 13.0. The summed E-state index contributed by atoms with van der Waals surface area (Å²) in [7, 11) is 1.33. The highest BCUT2D eigenvalue weighted by molar-refractivity contribution is 9.10. The molecule has 0 spiro atoms. The topological polar surface area (TPSA) is 55.4 Å². The Morgan fingerprint density at radius 2 is 1.86 bits per heavy atom. The second kappa shape index (κ2) is 7.04. The summed E-state index contributed by atoms with van der Waals surface area (Å²) in [6, 6.07) is 14.4. The molecule has 21 heavy (non-hydrogen) atoms. The van der Waals surface area contributed by atoms with E-state index in [1.165, 1.54) is 7.11 Å². The van der Waals surface area contributed by atoms with E-state index in [-0.39, 0.29) is 5.91 Å². The first-order chi connectivity index (χ1) is 10.1. The molecule has 0 radical (unpaired) electrons. The fraction of sp³-hybridized carbons (Fsp3) is 0.125. The second-order valence-corrected chi connectivity index (χ2v) is 5.25. The van der Waals surface area contributed by atoms with Crippen LogP contribution >= 0.6 is 15.9 Å². The number of ether oxygens (including phenoxy) is 1. The third-order valence-electron chi connectivity index (χ3n) is 2.87. The zero-order valence-electron chi connectivity index (χ0n) is 11.4. The first kappa shape index (κ1) is 15.3. The lowest BCUT2D eigenvalue weighted by atomic mass is 10.1. The van der Waals surface area contributed by atoms with Crippen LogP contribution in [-0.2, 0) is 16.0 Å². The number of carbonyl (C=O) groups excluding carboxylic acids is 2. The molecule has 0 saturated heterocycles. The predicted molar refractivity (Wildman–Crippen MR) is 84.3 cm³/mol. The Hall–Kier alpha value is -2.14. The molecule has 0 aliphatic rings. The number of carbonyl (C=O) groups is 2. The molecule has 0 aromatic heterocycles. The van der Waals surface area contributed by atoms with Crippen molar-refractivity contribution in [2.24, 2.45) is 0 Å². The molecular formula is C16H14BrNO3. The molecule has 2 rings (SSSR count). The molecule has 5 heteroatoms. The van der Waals surface area contributed by atoms with Crippen molar-refractivity contribution in [1.29, 1.82) is 0 Å². The Morgan fingerprint density at radius 1 is 1.14 bits per heavy atom. The van der Waals surface area contributed by atoms with Crippen molar-refractivity contribution in [3.05, 3.63) is 64.1 Å². The highest BCUT2D eigenvalue weighted by Gasteiger charge is 2.10. The van der Waals surface area contributed by atoms with Crippen LogP contribution in [0.15, 0.2) is 53.0 Å². The van der Waals surface area contributed by atoms with Crippen LogP contribution < -0.4 is 5.32 Å². The van der Waals surface area contributed by atoms with E-state index in [1.807, 2.05) is 30.3 Å². The van der Waals surface area contributed by atoms with Crippen LogP contribution in [0.1, 0.15) is 15.9 Å². The summed E-state index contributed by atoms with van der Waals surface area (Å²) < 4.78 is 5.28. The van der Waals surface area contributed by atoms with Crippen molar-refractivity contribution in [2.45, 2.75) is 6.42 Å². The summed E-state index contributed by atoms with van der Waals surface area (Å²) >= 11 is 3.34. The summed E-state index contributed by atoms with van der Waals surface area (Å²) in [6.07, 6.45) is 0.298. The fourth-order valence-electron chi connectivity index (χ4n) is 1.84. The van der Waals surface area contributed by atoms with Gasteiger partial charge in [-0.15, -0.1) is 0 Å². The van der Waals surface area contributed by atoms with Gasteiger partial charge in [-0.3, -0.25) is 4.79 Å². The van der Waals surface area contributed by atoms with Crippen LogP contribution in [0.4, 0.5) is 5.69 Å². The molecule has 1 N–H and O–H groups in total. The molecule has 0 aliphatic heterocycles. The average Bonchev–Trinajstić information content (AvgIpc) is 2.49. The van der Waals surface area contributed by atoms with Gasteiger partial charge in [-0.1, -0.05) is 30.3 Å². The lowest BCUT2D eigenvalue weighted by Crippen LogP contribution is -2.15. The van der Waals surface area contributed by atoms with E-state index in [4.69, 9.17) is 0 Å². The van der Waals surface area contributed by atoms with E-state index < -0.39 is 5.97 Å². The van der Waals surface area contributed by atoms with Crippen LogP contribution in [0.5, 0.6) is 0 Å². The number of nitrogens with one attached hydrogen (secondary N) is 1. The second-order valence-electron chi connectivity index (χ2n) is 4.40. The van der Waals surface area contributed by atoms with Gasteiger partial charge >= 0.3 is 5.97 Å². The molecule has 0 heterocycles. The molecule has 2 aromatic carbocycles. The number of halogens is 1. The number of methoxy groups -OCH3 is 1. The van der Waals surface area contributed by atoms with Gasteiger partial charge in [-0.25, -0.2) is 4.79 Å². The van der Waals surface area contributed by atoms with E-state index in [2.05, 4.69) is 26.0 Å². The minimum atomic E-state index is -0.419. The van der Waals surface area contributed by atoms with E-state index in [0.29, 0.717) is 22.1 Å². The Labute approximate surface area is 131 Å². The third-order valence-corrected chi connectivity index (χ3v) is 3.53. The zero-order chi connectivity index (χ0) is 15.2. The van der Waals surface area contributed by atoms with Gasteiger partial charge < -0.3 is 10.1 Å². The minimum absolute atomic E-state index is 0.118. The number of esters is 1. The maximum absolute atomic E-state index is 12.0. The van der Waals surface area contributed by atoms with Crippen LogP contribution in [-0.4, -0.2) is 19.0 Å². The van der Waals surface area contributed by atoms with Gasteiger partial charge in [0.15, 0.2) is 0 Å². The smallest absolute Gasteiger partial charge is 0.337 e.